The lowest BCUT2D eigenvalue weighted by Crippen LogP contribution is -2.55. The summed E-state index contributed by atoms with van der Waals surface area (Å²) in [6.07, 6.45) is 2.36. The molecular formula is C20H33N3O2. The van der Waals surface area contributed by atoms with Gasteiger partial charge in [-0.05, 0) is 65.4 Å². The van der Waals surface area contributed by atoms with Crippen LogP contribution in [-0.2, 0) is 0 Å². The number of carbonyl (C=O) groups is 1. The SMILES string of the molecule is COc1cc(C(=O)NCC(C)(C)N2CCC(N(C)C)CC2)ccc1C. The molecule has 1 aromatic rings. The summed E-state index contributed by atoms with van der Waals surface area (Å²) < 4.78 is 5.31. The molecule has 1 aliphatic rings. The van der Waals surface area contributed by atoms with E-state index in [4.69, 9.17) is 4.74 Å². The summed E-state index contributed by atoms with van der Waals surface area (Å²) in [5.41, 5.74) is 1.62. The predicted octanol–water partition coefficient (Wildman–Crippen LogP) is 2.54. The molecule has 0 radical (unpaired) electrons. The molecule has 0 unspecified atom stereocenters. The fraction of sp³-hybridized carbons (Fsp3) is 0.650. The Hall–Kier alpha value is -1.59. The number of amides is 1. The number of nitrogens with one attached hydrogen (secondary N) is 1. The molecule has 1 aromatic carbocycles. The van der Waals surface area contributed by atoms with E-state index in [2.05, 4.69) is 43.1 Å². The summed E-state index contributed by atoms with van der Waals surface area (Å²) in [7, 11) is 5.94. The van der Waals surface area contributed by atoms with Crippen molar-refractivity contribution in [3.8, 4) is 5.75 Å². The summed E-state index contributed by atoms with van der Waals surface area (Å²) in [5, 5.41) is 3.09. The summed E-state index contributed by atoms with van der Waals surface area (Å²) in [6.45, 7) is 9.17. The lowest BCUT2D eigenvalue weighted by atomic mass is 9.95. The molecule has 1 saturated heterocycles. The number of rotatable bonds is 6. The molecule has 1 amide bonds. The Morgan fingerprint density at radius 1 is 1.32 bits per heavy atom. The molecule has 0 aromatic heterocycles. The third kappa shape index (κ3) is 4.95. The third-order valence-corrected chi connectivity index (χ3v) is 5.40. The van der Waals surface area contributed by atoms with Gasteiger partial charge in [-0.25, -0.2) is 0 Å². The molecule has 5 heteroatoms. The van der Waals surface area contributed by atoms with Crippen LogP contribution in [0.15, 0.2) is 18.2 Å². The Labute approximate surface area is 152 Å². The molecule has 0 saturated carbocycles. The minimum atomic E-state index is -0.0538. The normalized spacial score (nSPS) is 16.9. The monoisotopic (exact) mass is 347 g/mol. The predicted molar refractivity (Wildman–Crippen MR) is 102 cm³/mol. The van der Waals surface area contributed by atoms with Gasteiger partial charge in [0.15, 0.2) is 0 Å². The number of aryl methyl sites for hydroxylation is 1. The number of methoxy groups -OCH3 is 1. The Morgan fingerprint density at radius 3 is 2.52 bits per heavy atom. The van der Waals surface area contributed by atoms with Crippen LogP contribution in [0.1, 0.15) is 42.6 Å². The van der Waals surface area contributed by atoms with Gasteiger partial charge in [-0.3, -0.25) is 9.69 Å². The maximum atomic E-state index is 12.5. The van der Waals surface area contributed by atoms with Crippen molar-refractivity contribution in [3.05, 3.63) is 29.3 Å². The van der Waals surface area contributed by atoms with E-state index in [9.17, 15) is 4.79 Å². The van der Waals surface area contributed by atoms with Crippen LogP contribution in [0.4, 0.5) is 0 Å². The van der Waals surface area contributed by atoms with Crippen molar-refractivity contribution in [3.63, 3.8) is 0 Å². The van der Waals surface area contributed by atoms with Crippen molar-refractivity contribution in [1.29, 1.82) is 0 Å². The molecular weight excluding hydrogens is 314 g/mol. The van der Waals surface area contributed by atoms with Gasteiger partial charge in [-0.1, -0.05) is 6.07 Å². The van der Waals surface area contributed by atoms with Crippen LogP contribution in [0, 0.1) is 6.92 Å². The fourth-order valence-electron chi connectivity index (χ4n) is 3.46. The Balaban J connectivity index is 1.92. The van der Waals surface area contributed by atoms with Gasteiger partial charge in [0.25, 0.3) is 5.91 Å². The van der Waals surface area contributed by atoms with Crippen molar-refractivity contribution in [2.75, 3.05) is 40.8 Å². The second-order valence-corrected chi connectivity index (χ2v) is 7.86. The summed E-state index contributed by atoms with van der Waals surface area (Å²) in [6, 6.07) is 6.25. The van der Waals surface area contributed by atoms with Gasteiger partial charge in [0.2, 0.25) is 0 Å². The minimum Gasteiger partial charge on any atom is -0.496 e. The molecule has 0 aliphatic carbocycles. The minimum absolute atomic E-state index is 0.0467. The number of piperidine rings is 1. The van der Waals surface area contributed by atoms with Crippen LogP contribution in [-0.4, -0.2) is 68.1 Å². The highest BCUT2D eigenvalue weighted by Gasteiger charge is 2.31. The first-order valence-electron chi connectivity index (χ1n) is 9.09. The number of hydrogen-bond donors (Lipinski definition) is 1. The number of likely N-dealkylation sites (tertiary alicyclic amines) is 1. The molecule has 140 valence electrons. The van der Waals surface area contributed by atoms with Crippen molar-refractivity contribution in [2.45, 2.75) is 45.2 Å². The molecule has 0 bridgehead atoms. The largest absolute Gasteiger partial charge is 0.496 e. The number of carbonyl (C=O) groups excluding carboxylic acids is 1. The number of ether oxygens (including phenoxy) is 1. The van der Waals surface area contributed by atoms with Gasteiger partial charge in [0, 0.05) is 36.8 Å². The summed E-state index contributed by atoms with van der Waals surface area (Å²) >= 11 is 0. The Bertz CT molecular complexity index is 591. The zero-order valence-corrected chi connectivity index (χ0v) is 16.6. The van der Waals surface area contributed by atoms with E-state index in [1.807, 2.05) is 19.1 Å². The number of nitrogens with zero attached hydrogens (tertiary/aromatic N) is 2. The van der Waals surface area contributed by atoms with Crippen LogP contribution in [0.2, 0.25) is 0 Å². The first-order valence-corrected chi connectivity index (χ1v) is 9.09. The highest BCUT2D eigenvalue weighted by Crippen LogP contribution is 2.23. The van der Waals surface area contributed by atoms with Crippen LogP contribution >= 0.6 is 0 Å². The number of hydrogen-bond acceptors (Lipinski definition) is 4. The van der Waals surface area contributed by atoms with Gasteiger partial charge < -0.3 is 15.0 Å². The number of benzene rings is 1. The van der Waals surface area contributed by atoms with E-state index in [-0.39, 0.29) is 11.4 Å². The Morgan fingerprint density at radius 2 is 1.96 bits per heavy atom. The van der Waals surface area contributed by atoms with E-state index >= 15 is 0 Å². The fourth-order valence-corrected chi connectivity index (χ4v) is 3.46. The molecule has 0 spiro atoms. The summed E-state index contributed by atoms with van der Waals surface area (Å²) in [5.74, 6) is 0.701. The highest BCUT2D eigenvalue weighted by atomic mass is 16.5. The van der Waals surface area contributed by atoms with E-state index in [1.165, 1.54) is 12.8 Å². The van der Waals surface area contributed by atoms with Gasteiger partial charge in [0.05, 0.1) is 7.11 Å². The molecule has 1 N–H and O–H groups in total. The zero-order valence-electron chi connectivity index (χ0n) is 16.6. The smallest absolute Gasteiger partial charge is 0.251 e. The molecule has 5 nitrogen and oxygen atoms in total. The standard InChI is InChI=1S/C20H33N3O2/c1-15-7-8-16(13-18(15)25-6)19(24)21-14-20(2,3)23-11-9-17(10-12-23)22(4)5/h7-8,13,17H,9-12,14H2,1-6H3,(H,21,24). The third-order valence-electron chi connectivity index (χ3n) is 5.40. The molecule has 0 atom stereocenters. The van der Waals surface area contributed by atoms with Crippen molar-refractivity contribution >= 4 is 5.91 Å². The first kappa shape index (κ1) is 19.7. The maximum absolute atomic E-state index is 12.5. The average Bonchev–Trinajstić information content (AvgIpc) is 2.60. The maximum Gasteiger partial charge on any atom is 0.251 e. The van der Waals surface area contributed by atoms with Gasteiger partial charge >= 0.3 is 0 Å². The van der Waals surface area contributed by atoms with Crippen LogP contribution in [0.3, 0.4) is 0 Å². The molecule has 25 heavy (non-hydrogen) atoms. The first-order chi connectivity index (χ1) is 11.7. The quantitative estimate of drug-likeness (QED) is 0.859. The van der Waals surface area contributed by atoms with E-state index < -0.39 is 0 Å². The second-order valence-electron chi connectivity index (χ2n) is 7.86. The van der Waals surface area contributed by atoms with Gasteiger partial charge in [0.1, 0.15) is 5.75 Å². The second kappa shape index (κ2) is 8.19. The molecule has 1 aliphatic heterocycles. The van der Waals surface area contributed by atoms with E-state index in [0.29, 0.717) is 18.2 Å². The molecule has 1 fully saturated rings. The molecule has 2 rings (SSSR count). The van der Waals surface area contributed by atoms with Crippen molar-refractivity contribution in [2.24, 2.45) is 0 Å². The van der Waals surface area contributed by atoms with Crippen LogP contribution in [0.5, 0.6) is 5.75 Å². The van der Waals surface area contributed by atoms with Crippen LogP contribution in [0.25, 0.3) is 0 Å². The Kier molecular flexibility index (Phi) is 6.47. The van der Waals surface area contributed by atoms with Gasteiger partial charge in [-0.15, -0.1) is 0 Å². The lowest BCUT2D eigenvalue weighted by molar-refractivity contribution is 0.0587. The van der Waals surface area contributed by atoms with Crippen LogP contribution < -0.4 is 10.1 Å². The van der Waals surface area contributed by atoms with E-state index in [1.54, 1.807) is 13.2 Å². The zero-order chi connectivity index (χ0) is 18.6. The highest BCUT2D eigenvalue weighted by molar-refractivity contribution is 5.94. The topological polar surface area (TPSA) is 44.8 Å². The van der Waals surface area contributed by atoms with Crippen molar-refractivity contribution < 1.29 is 9.53 Å². The average molecular weight is 348 g/mol. The van der Waals surface area contributed by atoms with Crippen molar-refractivity contribution in [1.82, 2.24) is 15.1 Å². The van der Waals surface area contributed by atoms with E-state index in [0.717, 1.165) is 24.4 Å². The summed E-state index contributed by atoms with van der Waals surface area (Å²) in [4.78, 5) is 17.3. The lowest BCUT2D eigenvalue weighted by Gasteiger charge is -2.44. The molecule has 1 heterocycles. The van der Waals surface area contributed by atoms with Gasteiger partial charge in [-0.2, -0.15) is 0 Å².